The van der Waals surface area contributed by atoms with Gasteiger partial charge in [0.25, 0.3) is 0 Å². The molecule has 0 radical (unpaired) electrons. The summed E-state index contributed by atoms with van der Waals surface area (Å²) >= 11 is 0. The Kier molecular flexibility index (Phi) is 7.25. The number of benzene rings is 2. The number of ether oxygens (including phenoxy) is 1. The Bertz CT molecular complexity index is 671. The van der Waals surface area contributed by atoms with E-state index in [0.29, 0.717) is 0 Å². The largest absolute Gasteiger partial charge is 0.444 e. The summed E-state index contributed by atoms with van der Waals surface area (Å²) < 4.78 is 5.59. The normalized spacial score (nSPS) is 13.1. The summed E-state index contributed by atoms with van der Waals surface area (Å²) in [6.45, 7) is 10.2. The van der Waals surface area contributed by atoms with Crippen LogP contribution in [0.15, 0.2) is 60.7 Å². The first-order valence-electron chi connectivity index (χ1n) is 9.88. The highest BCUT2D eigenvalue weighted by Gasteiger charge is 2.41. The molecule has 4 heteroatoms. The number of unbranched alkanes of at least 4 members (excludes halogenated alkanes) is 1. The van der Waals surface area contributed by atoms with Crippen LogP contribution in [0.1, 0.15) is 47.0 Å². The molecule has 1 unspecified atom stereocenters. The standard InChI is InChI=1S/C23H33NO2Si/c1-6-7-18-21(24-22(25)26-23(2,3)4)27(5,19-14-10-8-11-15-19)20-16-12-9-13-17-20/h8-17,21H,6-7,18H2,1-5H3,(H,24,25). The maximum atomic E-state index is 12.6. The van der Waals surface area contributed by atoms with Crippen LogP contribution < -0.4 is 15.7 Å². The second-order valence-corrected chi connectivity index (χ2v) is 12.5. The van der Waals surface area contributed by atoms with Crippen LogP contribution in [-0.2, 0) is 4.74 Å². The molecule has 0 aliphatic carbocycles. The third kappa shape index (κ3) is 5.70. The van der Waals surface area contributed by atoms with E-state index in [1.807, 2.05) is 32.9 Å². The topological polar surface area (TPSA) is 38.3 Å². The molecule has 1 atom stereocenters. The molecule has 0 spiro atoms. The molecule has 0 fully saturated rings. The van der Waals surface area contributed by atoms with Gasteiger partial charge in [-0.2, -0.15) is 0 Å². The molecule has 0 bridgehead atoms. The third-order valence-electron chi connectivity index (χ3n) is 4.98. The quantitative estimate of drug-likeness (QED) is 0.715. The number of carbonyl (C=O) groups is 1. The van der Waals surface area contributed by atoms with Crippen LogP contribution in [0.2, 0.25) is 6.55 Å². The van der Waals surface area contributed by atoms with Crippen molar-refractivity contribution in [2.75, 3.05) is 0 Å². The molecule has 0 aliphatic rings. The van der Waals surface area contributed by atoms with Gasteiger partial charge in [0.15, 0.2) is 0 Å². The molecule has 1 amide bonds. The predicted octanol–water partition coefficient (Wildman–Crippen LogP) is 4.50. The molecular formula is C23H33NO2Si. The van der Waals surface area contributed by atoms with Gasteiger partial charge in [0.1, 0.15) is 13.7 Å². The van der Waals surface area contributed by atoms with E-state index in [1.54, 1.807) is 0 Å². The summed E-state index contributed by atoms with van der Waals surface area (Å²) in [5.74, 6) is 0. The van der Waals surface area contributed by atoms with Crippen LogP contribution in [-0.4, -0.2) is 25.4 Å². The van der Waals surface area contributed by atoms with Gasteiger partial charge in [0.05, 0.1) is 0 Å². The van der Waals surface area contributed by atoms with Crippen LogP contribution in [0.5, 0.6) is 0 Å². The van der Waals surface area contributed by atoms with E-state index in [2.05, 4.69) is 67.3 Å². The van der Waals surface area contributed by atoms with Crippen LogP contribution in [0.3, 0.4) is 0 Å². The van der Waals surface area contributed by atoms with E-state index in [-0.39, 0.29) is 11.8 Å². The Morgan fingerprint density at radius 1 is 1.00 bits per heavy atom. The maximum absolute atomic E-state index is 12.6. The van der Waals surface area contributed by atoms with Gasteiger partial charge < -0.3 is 10.1 Å². The molecule has 2 aromatic rings. The van der Waals surface area contributed by atoms with Crippen molar-refractivity contribution in [1.29, 1.82) is 0 Å². The zero-order chi connectivity index (χ0) is 19.9. The van der Waals surface area contributed by atoms with Crippen LogP contribution in [0.4, 0.5) is 4.79 Å². The Balaban J connectivity index is 2.45. The van der Waals surface area contributed by atoms with E-state index in [1.165, 1.54) is 10.4 Å². The van der Waals surface area contributed by atoms with Gasteiger partial charge in [-0.05, 0) is 27.2 Å². The highest BCUT2D eigenvalue weighted by Crippen LogP contribution is 2.17. The van der Waals surface area contributed by atoms with Gasteiger partial charge in [0.2, 0.25) is 0 Å². The van der Waals surface area contributed by atoms with Crippen molar-refractivity contribution in [2.45, 2.75) is 64.8 Å². The number of hydrogen-bond acceptors (Lipinski definition) is 2. The first kappa shape index (κ1) is 21.2. The van der Waals surface area contributed by atoms with E-state index in [0.717, 1.165) is 19.3 Å². The van der Waals surface area contributed by atoms with Crippen LogP contribution >= 0.6 is 0 Å². The lowest BCUT2D eigenvalue weighted by Gasteiger charge is -2.38. The molecule has 2 rings (SSSR count). The Labute approximate surface area is 165 Å². The van der Waals surface area contributed by atoms with Crippen molar-refractivity contribution < 1.29 is 9.53 Å². The average molecular weight is 384 g/mol. The summed E-state index contributed by atoms with van der Waals surface area (Å²) in [6, 6.07) is 21.3. The summed E-state index contributed by atoms with van der Waals surface area (Å²) in [5, 5.41) is 5.90. The fraction of sp³-hybridized carbons (Fsp3) is 0.435. The third-order valence-corrected chi connectivity index (χ3v) is 9.87. The number of carbonyl (C=O) groups excluding carboxylic acids is 1. The molecule has 2 aromatic carbocycles. The highest BCUT2D eigenvalue weighted by molar-refractivity contribution is 7.02. The highest BCUT2D eigenvalue weighted by atomic mass is 28.3. The Morgan fingerprint density at radius 2 is 1.48 bits per heavy atom. The molecule has 0 heterocycles. The molecule has 146 valence electrons. The minimum Gasteiger partial charge on any atom is -0.444 e. The van der Waals surface area contributed by atoms with E-state index in [9.17, 15) is 4.79 Å². The minimum atomic E-state index is -2.22. The molecule has 27 heavy (non-hydrogen) atoms. The van der Waals surface area contributed by atoms with Gasteiger partial charge >= 0.3 is 6.09 Å². The van der Waals surface area contributed by atoms with Gasteiger partial charge in [-0.15, -0.1) is 0 Å². The molecule has 0 saturated heterocycles. The number of amides is 1. The Hall–Kier alpha value is -2.07. The smallest absolute Gasteiger partial charge is 0.407 e. The van der Waals surface area contributed by atoms with E-state index in [4.69, 9.17) is 4.74 Å². The van der Waals surface area contributed by atoms with Crippen molar-refractivity contribution in [3.8, 4) is 0 Å². The monoisotopic (exact) mass is 383 g/mol. The molecular weight excluding hydrogens is 350 g/mol. The van der Waals surface area contributed by atoms with Crippen LogP contribution in [0.25, 0.3) is 0 Å². The van der Waals surface area contributed by atoms with Gasteiger partial charge in [-0.25, -0.2) is 4.79 Å². The molecule has 0 saturated carbocycles. The van der Waals surface area contributed by atoms with E-state index >= 15 is 0 Å². The second kappa shape index (κ2) is 9.22. The summed E-state index contributed by atoms with van der Waals surface area (Å²) in [5.41, 5.74) is -0.436. The lowest BCUT2D eigenvalue weighted by atomic mass is 10.2. The first-order valence-corrected chi connectivity index (χ1v) is 12.5. The number of nitrogens with one attached hydrogen (secondary N) is 1. The number of alkyl carbamates (subject to hydrolysis) is 1. The number of hydrogen-bond donors (Lipinski definition) is 1. The molecule has 0 aromatic heterocycles. The maximum Gasteiger partial charge on any atom is 0.407 e. The summed E-state index contributed by atoms with van der Waals surface area (Å²) in [7, 11) is -2.22. The first-order chi connectivity index (χ1) is 12.8. The predicted molar refractivity (Wildman–Crippen MR) is 116 cm³/mol. The molecule has 0 aliphatic heterocycles. The van der Waals surface area contributed by atoms with Crippen molar-refractivity contribution in [3.05, 3.63) is 60.7 Å². The van der Waals surface area contributed by atoms with Gasteiger partial charge in [0, 0.05) is 5.67 Å². The molecule has 1 N–H and O–H groups in total. The fourth-order valence-corrected chi connectivity index (χ4v) is 7.60. The summed E-state index contributed by atoms with van der Waals surface area (Å²) in [4.78, 5) is 12.6. The second-order valence-electron chi connectivity index (χ2n) is 8.28. The van der Waals surface area contributed by atoms with Crippen molar-refractivity contribution in [2.24, 2.45) is 0 Å². The van der Waals surface area contributed by atoms with Crippen molar-refractivity contribution in [3.63, 3.8) is 0 Å². The molecule has 3 nitrogen and oxygen atoms in total. The average Bonchev–Trinajstić information content (AvgIpc) is 2.64. The zero-order valence-corrected chi connectivity index (χ0v) is 18.3. The summed E-state index contributed by atoms with van der Waals surface area (Å²) in [6.07, 6.45) is 2.79. The zero-order valence-electron chi connectivity index (χ0n) is 17.3. The lowest BCUT2D eigenvalue weighted by molar-refractivity contribution is 0.0517. The van der Waals surface area contributed by atoms with E-state index < -0.39 is 13.7 Å². The SMILES string of the molecule is CCCCC(NC(=O)OC(C)(C)C)[Si](C)(c1ccccc1)c1ccccc1. The minimum absolute atomic E-state index is 0.0668. The van der Waals surface area contributed by atoms with Crippen molar-refractivity contribution in [1.82, 2.24) is 5.32 Å². The van der Waals surface area contributed by atoms with Gasteiger partial charge in [-0.3, -0.25) is 0 Å². The van der Waals surface area contributed by atoms with Crippen molar-refractivity contribution >= 4 is 24.5 Å². The van der Waals surface area contributed by atoms with Crippen LogP contribution in [0, 0.1) is 0 Å². The lowest BCUT2D eigenvalue weighted by Crippen LogP contribution is -2.69. The number of rotatable bonds is 7. The van der Waals surface area contributed by atoms with Gasteiger partial charge in [-0.1, -0.05) is 97.3 Å². The fourth-order valence-electron chi connectivity index (χ4n) is 3.50. The Morgan fingerprint density at radius 3 is 1.89 bits per heavy atom.